The van der Waals surface area contributed by atoms with Gasteiger partial charge < -0.3 is 14.1 Å². The van der Waals surface area contributed by atoms with Crippen molar-refractivity contribution < 1.29 is 13.9 Å². The lowest BCUT2D eigenvalue weighted by Gasteiger charge is -2.33. The lowest BCUT2D eigenvalue weighted by atomic mass is 10.2. The van der Waals surface area contributed by atoms with Crippen molar-refractivity contribution in [1.29, 1.82) is 0 Å². The third-order valence-corrected chi connectivity index (χ3v) is 4.05. The van der Waals surface area contributed by atoms with Crippen molar-refractivity contribution in [3.8, 4) is 0 Å². The number of methoxy groups -OCH3 is 1. The summed E-state index contributed by atoms with van der Waals surface area (Å²) in [6.07, 6.45) is 4.27. The van der Waals surface area contributed by atoms with Gasteiger partial charge in [0.15, 0.2) is 0 Å². The lowest BCUT2D eigenvalue weighted by Crippen LogP contribution is -2.48. The minimum absolute atomic E-state index is 0.0319. The van der Waals surface area contributed by atoms with Gasteiger partial charge in [-0.1, -0.05) is 42.5 Å². The van der Waals surface area contributed by atoms with Gasteiger partial charge in [0.1, 0.15) is 6.61 Å². The summed E-state index contributed by atoms with van der Waals surface area (Å²) in [4.78, 5) is 16.4. The molecule has 1 fully saturated rings. The van der Waals surface area contributed by atoms with Crippen molar-refractivity contribution in [2.24, 2.45) is 0 Å². The molecule has 1 amide bonds. The average Bonchev–Trinajstić information content (AvgIpc) is 3.12. The highest BCUT2D eigenvalue weighted by Crippen LogP contribution is 2.09. The number of piperazine rings is 1. The van der Waals surface area contributed by atoms with Crippen LogP contribution >= 0.6 is 0 Å². The Morgan fingerprint density at radius 1 is 1.20 bits per heavy atom. The zero-order valence-corrected chi connectivity index (χ0v) is 14.3. The van der Waals surface area contributed by atoms with Gasteiger partial charge in [0.05, 0.1) is 0 Å². The van der Waals surface area contributed by atoms with E-state index in [0.29, 0.717) is 19.0 Å². The topological polar surface area (TPSA) is 71.7 Å². The average molecular weight is 342 g/mol. The van der Waals surface area contributed by atoms with E-state index < -0.39 is 0 Å². The Kier molecular flexibility index (Phi) is 5.92. The highest BCUT2D eigenvalue weighted by molar-refractivity contribution is 5.89. The smallest absolute Gasteiger partial charge is 0.311 e. The SMILES string of the molecule is COCc1nnc(C(=O)N2CCN(C/C=C/c3ccccc3)CC2)o1. The maximum atomic E-state index is 12.4. The zero-order chi connectivity index (χ0) is 17.5. The number of rotatable bonds is 6. The third-order valence-electron chi connectivity index (χ3n) is 4.05. The van der Waals surface area contributed by atoms with Crippen molar-refractivity contribution in [2.75, 3.05) is 39.8 Å². The third kappa shape index (κ3) is 4.74. The molecule has 132 valence electrons. The standard InChI is InChI=1S/C18H22N4O3/c1-24-14-16-19-20-17(25-16)18(23)22-12-10-21(11-13-22)9-5-8-15-6-3-2-4-7-15/h2-8H,9-14H2,1H3/b8-5+. The Morgan fingerprint density at radius 2 is 1.96 bits per heavy atom. The molecule has 7 heteroatoms. The Morgan fingerprint density at radius 3 is 2.68 bits per heavy atom. The number of nitrogens with zero attached hydrogens (tertiary/aromatic N) is 4. The van der Waals surface area contributed by atoms with Gasteiger partial charge in [-0.3, -0.25) is 9.69 Å². The number of aromatic nitrogens is 2. The normalized spacial score (nSPS) is 15.8. The molecule has 0 aliphatic carbocycles. The van der Waals surface area contributed by atoms with Crippen molar-refractivity contribution in [3.63, 3.8) is 0 Å². The van der Waals surface area contributed by atoms with E-state index in [1.54, 1.807) is 4.90 Å². The monoisotopic (exact) mass is 342 g/mol. The predicted octanol–water partition coefficient (Wildman–Crippen LogP) is 1.69. The van der Waals surface area contributed by atoms with Crippen LogP contribution in [0, 0.1) is 0 Å². The number of hydrogen-bond acceptors (Lipinski definition) is 6. The zero-order valence-electron chi connectivity index (χ0n) is 14.3. The molecule has 7 nitrogen and oxygen atoms in total. The van der Waals surface area contributed by atoms with Gasteiger partial charge in [0, 0.05) is 39.8 Å². The molecule has 3 rings (SSSR count). The van der Waals surface area contributed by atoms with E-state index in [2.05, 4.69) is 39.4 Å². The summed E-state index contributed by atoms with van der Waals surface area (Å²) in [5, 5.41) is 7.60. The van der Waals surface area contributed by atoms with Crippen LogP contribution in [0.15, 0.2) is 40.8 Å². The molecule has 0 unspecified atom stereocenters. The first kappa shape index (κ1) is 17.3. The Hall–Kier alpha value is -2.51. The summed E-state index contributed by atoms with van der Waals surface area (Å²) in [5.41, 5.74) is 1.19. The predicted molar refractivity (Wildman–Crippen MR) is 92.8 cm³/mol. The molecule has 0 N–H and O–H groups in total. The number of ether oxygens (including phenoxy) is 1. The first-order chi connectivity index (χ1) is 12.3. The number of hydrogen-bond donors (Lipinski definition) is 0. The molecule has 2 aromatic rings. The minimum Gasteiger partial charge on any atom is -0.414 e. The molecule has 0 saturated carbocycles. The van der Waals surface area contributed by atoms with E-state index in [-0.39, 0.29) is 18.4 Å². The second kappa shape index (κ2) is 8.55. The van der Waals surface area contributed by atoms with Crippen molar-refractivity contribution in [1.82, 2.24) is 20.0 Å². The quantitative estimate of drug-likeness (QED) is 0.795. The van der Waals surface area contributed by atoms with Gasteiger partial charge in [-0.25, -0.2) is 0 Å². The molecule has 1 aliphatic rings. The molecular weight excluding hydrogens is 320 g/mol. The van der Waals surface area contributed by atoms with E-state index in [0.717, 1.165) is 19.6 Å². The molecule has 1 saturated heterocycles. The maximum absolute atomic E-state index is 12.4. The van der Waals surface area contributed by atoms with E-state index in [9.17, 15) is 4.79 Å². The molecular formula is C18H22N4O3. The molecule has 2 heterocycles. The molecule has 1 aliphatic heterocycles. The molecule has 1 aromatic carbocycles. The summed E-state index contributed by atoms with van der Waals surface area (Å²) >= 11 is 0. The Balaban J connectivity index is 1.46. The van der Waals surface area contributed by atoms with Crippen LogP contribution in [0.5, 0.6) is 0 Å². The van der Waals surface area contributed by atoms with Gasteiger partial charge in [-0.05, 0) is 5.56 Å². The summed E-state index contributed by atoms with van der Waals surface area (Å²) in [6, 6.07) is 10.2. The fourth-order valence-corrected chi connectivity index (χ4v) is 2.69. The van der Waals surface area contributed by atoms with E-state index in [4.69, 9.17) is 9.15 Å². The van der Waals surface area contributed by atoms with Crippen LogP contribution in [0.1, 0.15) is 22.1 Å². The van der Waals surface area contributed by atoms with Crippen molar-refractivity contribution >= 4 is 12.0 Å². The van der Waals surface area contributed by atoms with Crippen LogP contribution in [0.4, 0.5) is 0 Å². The van der Waals surface area contributed by atoms with Gasteiger partial charge in [0.25, 0.3) is 0 Å². The summed E-state index contributed by atoms with van der Waals surface area (Å²) in [5.74, 6) is 0.134. The summed E-state index contributed by atoms with van der Waals surface area (Å²) in [7, 11) is 1.54. The van der Waals surface area contributed by atoms with Crippen LogP contribution in [0.25, 0.3) is 6.08 Å². The first-order valence-corrected chi connectivity index (χ1v) is 8.31. The molecule has 0 spiro atoms. The molecule has 0 bridgehead atoms. The molecule has 0 radical (unpaired) electrons. The van der Waals surface area contributed by atoms with E-state index in [1.807, 2.05) is 18.2 Å². The van der Waals surface area contributed by atoms with Crippen molar-refractivity contribution in [3.05, 3.63) is 53.8 Å². The number of amides is 1. The van der Waals surface area contributed by atoms with Crippen LogP contribution in [0.2, 0.25) is 0 Å². The van der Waals surface area contributed by atoms with Gasteiger partial charge in [-0.2, -0.15) is 0 Å². The minimum atomic E-state index is -0.214. The highest BCUT2D eigenvalue weighted by Gasteiger charge is 2.25. The summed E-state index contributed by atoms with van der Waals surface area (Å²) in [6.45, 7) is 4.03. The molecule has 1 aromatic heterocycles. The Labute approximate surface area is 146 Å². The number of carbonyl (C=O) groups excluding carboxylic acids is 1. The summed E-state index contributed by atoms with van der Waals surface area (Å²) < 4.78 is 10.2. The van der Waals surface area contributed by atoms with Crippen LogP contribution in [0.3, 0.4) is 0 Å². The number of carbonyl (C=O) groups is 1. The maximum Gasteiger partial charge on any atom is 0.311 e. The van der Waals surface area contributed by atoms with E-state index >= 15 is 0 Å². The Bertz CT molecular complexity index is 706. The van der Waals surface area contributed by atoms with E-state index in [1.165, 1.54) is 12.7 Å². The fraction of sp³-hybridized carbons (Fsp3) is 0.389. The van der Waals surface area contributed by atoms with Gasteiger partial charge in [-0.15, -0.1) is 10.2 Å². The second-order valence-corrected chi connectivity index (χ2v) is 5.84. The first-order valence-electron chi connectivity index (χ1n) is 8.31. The largest absolute Gasteiger partial charge is 0.414 e. The number of benzene rings is 1. The second-order valence-electron chi connectivity index (χ2n) is 5.84. The molecule has 25 heavy (non-hydrogen) atoms. The van der Waals surface area contributed by atoms with Crippen molar-refractivity contribution in [2.45, 2.75) is 6.61 Å². The highest BCUT2D eigenvalue weighted by atomic mass is 16.5. The van der Waals surface area contributed by atoms with Gasteiger partial charge in [0.2, 0.25) is 5.89 Å². The van der Waals surface area contributed by atoms with Crippen LogP contribution in [-0.2, 0) is 11.3 Å². The van der Waals surface area contributed by atoms with Crippen LogP contribution < -0.4 is 0 Å². The lowest BCUT2D eigenvalue weighted by molar-refractivity contribution is 0.0604. The molecule has 0 atom stereocenters. The van der Waals surface area contributed by atoms with Gasteiger partial charge >= 0.3 is 11.8 Å². The van der Waals surface area contributed by atoms with Crippen LogP contribution in [-0.4, -0.2) is 65.7 Å². The fourth-order valence-electron chi connectivity index (χ4n) is 2.69.